The summed E-state index contributed by atoms with van der Waals surface area (Å²) in [6, 6.07) is 14.6. The standard InChI is InChI=1S/C14H10O2.2Na.2H/c15-13-9-5-1-2-6-10(9)14(16)12-8-4-3-7-11(12)13;;;;/h1-8,15-16H;;;;. The molecule has 0 atom stereocenters. The van der Waals surface area contributed by atoms with E-state index < -0.39 is 0 Å². The zero-order valence-corrected chi connectivity index (χ0v) is 8.51. The molecule has 0 saturated carbocycles. The Hall–Kier alpha value is -0.220. The van der Waals surface area contributed by atoms with Crippen molar-refractivity contribution in [3.63, 3.8) is 0 Å². The van der Waals surface area contributed by atoms with Gasteiger partial charge < -0.3 is 10.2 Å². The number of hydrogen-bond acceptors (Lipinski definition) is 2. The Kier molecular flexibility index (Phi) is 5.53. The maximum atomic E-state index is 10.1. The average molecular weight is 258 g/mol. The van der Waals surface area contributed by atoms with Crippen molar-refractivity contribution in [3.8, 4) is 11.5 Å². The first-order chi connectivity index (χ1) is 7.79. The van der Waals surface area contributed by atoms with Crippen LogP contribution in [-0.2, 0) is 0 Å². The molecule has 3 aromatic carbocycles. The van der Waals surface area contributed by atoms with E-state index >= 15 is 0 Å². The van der Waals surface area contributed by atoms with Crippen LogP contribution in [0.4, 0.5) is 0 Å². The van der Waals surface area contributed by atoms with Crippen molar-refractivity contribution in [2.24, 2.45) is 0 Å². The Morgan fingerprint density at radius 1 is 0.500 bits per heavy atom. The predicted octanol–water partition coefficient (Wildman–Crippen LogP) is 2.11. The molecule has 2 N–H and O–H groups in total. The number of aromatic hydroxyl groups is 2. The monoisotopic (exact) mass is 258 g/mol. The second-order valence-corrected chi connectivity index (χ2v) is 3.79. The summed E-state index contributed by atoms with van der Waals surface area (Å²) in [6.07, 6.45) is 0. The van der Waals surface area contributed by atoms with Crippen LogP contribution in [0.1, 0.15) is 0 Å². The fourth-order valence-electron chi connectivity index (χ4n) is 2.08. The van der Waals surface area contributed by atoms with Crippen LogP contribution in [0.5, 0.6) is 11.5 Å². The van der Waals surface area contributed by atoms with Crippen LogP contribution in [0.3, 0.4) is 0 Å². The van der Waals surface area contributed by atoms with E-state index in [1.54, 1.807) is 24.3 Å². The van der Waals surface area contributed by atoms with E-state index in [0.717, 1.165) is 0 Å². The first-order valence-electron chi connectivity index (χ1n) is 5.10. The fraction of sp³-hybridized carbons (Fsp3) is 0. The molecule has 0 aromatic heterocycles. The Bertz CT molecular complexity index is 579. The summed E-state index contributed by atoms with van der Waals surface area (Å²) in [4.78, 5) is 0. The minimum absolute atomic E-state index is 0. The molecule has 0 unspecified atom stereocenters. The summed E-state index contributed by atoms with van der Waals surface area (Å²) in [5, 5.41) is 23.0. The third kappa shape index (κ3) is 2.42. The number of phenols is 2. The van der Waals surface area contributed by atoms with Gasteiger partial charge in [0.25, 0.3) is 0 Å². The molecular formula is C14H12Na2O2. The SMILES string of the molecule is Oc1c2ccccc2c(O)c2ccccc12.[NaH].[NaH]. The van der Waals surface area contributed by atoms with E-state index in [9.17, 15) is 10.2 Å². The van der Waals surface area contributed by atoms with Crippen molar-refractivity contribution in [1.29, 1.82) is 0 Å². The van der Waals surface area contributed by atoms with Crippen molar-refractivity contribution in [3.05, 3.63) is 48.5 Å². The van der Waals surface area contributed by atoms with Crippen LogP contribution < -0.4 is 0 Å². The Labute approximate surface area is 149 Å². The molecule has 18 heavy (non-hydrogen) atoms. The zero-order valence-electron chi connectivity index (χ0n) is 8.51. The van der Waals surface area contributed by atoms with Gasteiger partial charge in [0.15, 0.2) is 0 Å². The van der Waals surface area contributed by atoms with Crippen LogP contribution >= 0.6 is 0 Å². The number of rotatable bonds is 0. The molecule has 0 radical (unpaired) electrons. The van der Waals surface area contributed by atoms with Crippen molar-refractivity contribution in [2.45, 2.75) is 0 Å². The average Bonchev–Trinajstić information content (AvgIpc) is 2.36. The second kappa shape index (κ2) is 6.29. The van der Waals surface area contributed by atoms with Gasteiger partial charge in [-0.05, 0) is 0 Å². The molecule has 0 amide bonds. The number of fused-ring (bicyclic) bond motifs is 2. The van der Waals surface area contributed by atoms with Crippen LogP contribution in [0, 0.1) is 0 Å². The molecule has 0 fully saturated rings. The number of hydrogen-bond donors (Lipinski definition) is 2. The van der Waals surface area contributed by atoms with Gasteiger partial charge in [-0.15, -0.1) is 0 Å². The van der Waals surface area contributed by atoms with Crippen LogP contribution in [-0.4, -0.2) is 69.3 Å². The molecule has 3 aromatic rings. The molecule has 0 bridgehead atoms. The van der Waals surface area contributed by atoms with E-state index in [2.05, 4.69) is 0 Å². The summed E-state index contributed by atoms with van der Waals surface area (Å²) in [5.41, 5.74) is 0. The first kappa shape index (κ1) is 15.8. The van der Waals surface area contributed by atoms with Gasteiger partial charge in [-0.3, -0.25) is 0 Å². The third-order valence-corrected chi connectivity index (χ3v) is 2.87. The van der Waals surface area contributed by atoms with Crippen molar-refractivity contribution in [1.82, 2.24) is 0 Å². The molecule has 82 valence electrons. The van der Waals surface area contributed by atoms with Gasteiger partial charge in [-0.1, -0.05) is 48.5 Å². The molecule has 3 rings (SSSR count). The topological polar surface area (TPSA) is 40.5 Å². The van der Waals surface area contributed by atoms with Crippen molar-refractivity contribution >= 4 is 80.7 Å². The summed E-state index contributed by atoms with van der Waals surface area (Å²) in [7, 11) is 0. The molecule has 0 aliphatic carbocycles. The second-order valence-electron chi connectivity index (χ2n) is 3.79. The Morgan fingerprint density at radius 3 is 0.944 bits per heavy atom. The van der Waals surface area contributed by atoms with Gasteiger partial charge in [0.05, 0.1) is 0 Å². The molecule has 4 heteroatoms. The molecule has 2 nitrogen and oxygen atoms in total. The fourth-order valence-corrected chi connectivity index (χ4v) is 2.08. The van der Waals surface area contributed by atoms with Gasteiger partial charge in [-0.2, -0.15) is 0 Å². The predicted molar refractivity (Wildman–Crippen MR) is 79.1 cm³/mol. The normalized spacial score (nSPS) is 9.78. The quantitative estimate of drug-likeness (QED) is 0.368. The summed E-state index contributed by atoms with van der Waals surface area (Å²) < 4.78 is 0. The van der Waals surface area contributed by atoms with Gasteiger partial charge in [0.2, 0.25) is 0 Å². The molecule has 0 aliphatic heterocycles. The summed E-state index contributed by atoms with van der Waals surface area (Å²) in [5.74, 6) is 0.452. The molecule has 0 spiro atoms. The van der Waals surface area contributed by atoms with Gasteiger partial charge in [0.1, 0.15) is 11.5 Å². The zero-order chi connectivity index (χ0) is 11.1. The Balaban J connectivity index is 0.000000810. The first-order valence-corrected chi connectivity index (χ1v) is 5.10. The third-order valence-electron chi connectivity index (χ3n) is 2.87. The van der Waals surface area contributed by atoms with Crippen LogP contribution in [0.25, 0.3) is 21.5 Å². The van der Waals surface area contributed by atoms with Gasteiger partial charge in [0, 0.05) is 21.5 Å². The van der Waals surface area contributed by atoms with Gasteiger partial charge >= 0.3 is 59.1 Å². The van der Waals surface area contributed by atoms with E-state index in [4.69, 9.17) is 0 Å². The van der Waals surface area contributed by atoms with Gasteiger partial charge in [-0.25, -0.2) is 0 Å². The summed E-state index contributed by atoms with van der Waals surface area (Å²) in [6.45, 7) is 0. The van der Waals surface area contributed by atoms with E-state index in [-0.39, 0.29) is 70.6 Å². The molecule has 0 aliphatic rings. The molecule has 0 saturated heterocycles. The van der Waals surface area contributed by atoms with Crippen LogP contribution in [0.15, 0.2) is 48.5 Å². The minimum atomic E-state index is 0. The van der Waals surface area contributed by atoms with E-state index in [1.807, 2.05) is 24.3 Å². The van der Waals surface area contributed by atoms with E-state index in [0.29, 0.717) is 21.5 Å². The Morgan fingerprint density at radius 2 is 0.722 bits per heavy atom. The molecule has 0 heterocycles. The molecular weight excluding hydrogens is 246 g/mol. The van der Waals surface area contributed by atoms with Crippen molar-refractivity contribution in [2.75, 3.05) is 0 Å². The van der Waals surface area contributed by atoms with E-state index in [1.165, 1.54) is 0 Å². The number of benzene rings is 3. The number of phenolic OH excluding ortho intramolecular Hbond substituents is 2. The summed E-state index contributed by atoms with van der Waals surface area (Å²) >= 11 is 0. The maximum absolute atomic E-state index is 10.1. The van der Waals surface area contributed by atoms with Crippen LogP contribution in [0.2, 0.25) is 0 Å². The van der Waals surface area contributed by atoms with Crippen molar-refractivity contribution < 1.29 is 10.2 Å².